The lowest BCUT2D eigenvalue weighted by atomic mass is 10.0. The number of ketones is 2. The zero-order valence-electron chi connectivity index (χ0n) is 11.8. The number of carbonyl (C=O) groups is 2. The number of carbonyl (C=O) groups excluding carboxylic acids is 2. The Balaban J connectivity index is 2.34. The first-order chi connectivity index (χ1) is 9.70. The molecule has 114 valence electrons. The Hall–Kier alpha value is -0.960. The molecule has 0 aromatic heterocycles. The molecule has 0 atom stereocenters. The van der Waals surface area contributed by atoms with E-state index in [1.54, 1.807) is 18.2 Å². The Morgan fingerprint density at radius 1 is 1.33 bits per heavy atom. The highest BCUT2D eigenvalue weighted by molar-refractivity contribution is 14.1. The van der Waals surface area contributed by atoms with Crippen LogP contribution in [0.2, 0.25) is 0 Å². The summed E-state index contributed by atoms with van der Waals surface area (Å²) < 4.78 is 25.3. The number of rotatable bonds is 6. The van der Waals surface area contributed by atoms with E-state index in [1.807, 2.05) is 0 Å². The van der Waals surface area contributed by atoms with Crippen LogP contribution in [-0.2, 0) is 14.8 Å². The molecule has 1 saturated carbocycles. The van der Waals surface area contributed by atoms with E-state index in [4.69, 9.17) is 0 Å². The van der Waals surface area contributed by atoms with Crippen molar-refractivity contribution in [2.75, 3.05) is 17.6 Å². The molecule has 0 heterocycles. The van der Waals surface area contributed by atoms with E-state index < -0.39 is 10.0 Å². The molecule has 0 aliphatic heterocycles. The summed E-state index contributed by atoms with van der Waals surface area (Å²) in [5.74, 6) is -0.353. The van der Waals surface area contributed by atoms with Gasteiger partial charge in [-0.05, 0) is 53.6 Å². The van der Waals surface area contributed by atoms with Gasteiger partial charge in [-0.25, -0.2) is 8.42 Å². The lowest BCUT2D eigenvalue weighted by molar-refractivity contribution is -0.119. The van der Waals surface area contributed by atoms with Gasteiger partial charge in [0.05, 0.1) is 18.4 Å². The molecule has 7 heteroatoms. The van der Waals surface area contributed by atoms with Gasteiger partial charge in [-0.3, -0.25) is 13.9 Å². The van der Waals surface area contributed by atoms with Crippen LogP contribution in [-0.4, -0.2) is 33.3 Å². The van der Waals surface area contributed by atoms with Crippen LogP contribution in [0.4, 0.5) is 5.69 Å². The van der Waals surface area contributed by atoms with Gasteiger partial charge in [0.15, 0.2) is 5.78 Å². The lowest BCUT2D eigenvalue weighted by Crippen LogP contribution is -2.27. The minimum absolute atomic E-state index is 0.0221. The number of hydrogen-bond donors (Lipinski definition) is 0. The second kappa shape index (κ2) is 6.04. The second-order valence-electron chi connectivity index (χ2n) is 5.23. The highest BCUT2D eigenvalue weighted by atomic mass is 127. The van der Waals surface area contributed by atoms with Crippen molar-refractivity contribution < 1.29 is 18.0 Å². The van der Waals surface area contributed by atoms with E-state index in [0.29, 0.717) is 5.69 Å². The fraction of sp³-hybridized carbons (Fsp3) is 0.429. The lowest BCUT2D eigenvalue weighted by Gasteiger charge is -2.20. The van der Waals surface area contributed by atoms with Crippen LogP contribution in [0.3, 0.4) is 0 Å². The second-order valence-corrected chi connectivity index (χ2v) is 8.49. The molecule has 2 rings (SSSR count). The predicted molar refractivity (Wildman–Crippen MR) is 89.1 cm³/mol. The van der Waals surface area contributed by atoms with Crippen LogP contribution in [0.5, 0.6) is 0 Å². The van der Waals surface area contributed by atoms with Crippen molar-refractivity contribution in [2.45, 2.75) is 19.3 Å². The number of halogens is 1. The topological polar surface area (TPSA) is 71.5 Å². The Labute approximate surface area is 137 Å². The molecule has 1 aromatic rings. The summed E-state index contributed by atoms with van der Waals surface area (Å²) in [6, 6.07) is 4.95. The van der Waals surface area contributed by atoms with Crippen LogP contribution >= 0.6 is 22.6 Å². The zero-order valence-corrected chi connectivity index (χ0v) is 14.8. The first-order valence-electron chi connectivity index (χ1n) is 6.49. The maximum absolute atomic E-state index is 12.3. The predicted octanol–water partition coefficient (Wildman–Crippen LogP) is 2.24. The monoisotopic (exact) mass is 421 g/mol. The minimum atomic E-state index is -3.47. The summed E-state index contributed by atoms with van der Waals surface area (Å²) in [7, 11) is -2.07. The number of sulfonamides is 1. The summed E-state index contributed by atoms with van der Waals surface area (Å²) in [5.41, 5.74) is 0.593. The van der Waals surface area contributed by atoms with Crippen molar-refractivity contribution >= 4 is 49.9 Å². The molecule has 0 radical (unpaired) electrons. The molecule has 0 bridgehead atoms. The summed E-state index contributed by atoms with van der Waals surface area (Å²) in [6.45, 7) is 0. The summed E-state index contributed by atoms with van der Waals surface area (Å²) >= 11 is 2.05. The van der Waals surface area contributed by atoms with Crippen LogP contribution in [0.25, 0.3) is 0 Å². The minimum Gasteiger partial charge on any atom is -0.299 e. The number of hydrogen-bond acceptors (Lipinski definition) is 4. The number of Topliss-reactive ketones (excluding diaryl/α,β-unsaturated/α-hetero) is 2. The van der Waals surface area contributed by atoms with Gasteiger partial charge in [-0.1, -0.05) is 0 Å². The largest absolute Gasteiger partial charge is 0.299 e. The van der Waals surface area contributed by atoms with Crippen molar-refractivity contribution in [3.05, 3.63) is 27.3 Å². The Bertz CT molecular complexity index is 695. The van der Waals surface area contributed by atoms with E-state index in [-0.39, 0.29) is 29.5 Å². The molecule has 1 aliphatic carbocycles. The molecular formula is C14H16INO4S. The van der Waals surface area contributed by atoms with Gasteiger partial charge in [-0.2, -0.15) is 0 Å². The average Bonchev–Trinajstić information content (AvgIpc) is 3.20. The standard InChI is InChI=1S/C14H16INO4S/c1-16(21(2,19)20)12-7-10(15)5-6-11(12)14(18)8-13(17)9-3-4-9/h5-7,9H,3-4,8H2,1-2H3. The van der Waals surface area contributed by atoms with Gasteiger partial charge in [0.1, 0.15) is 5.78 Å². The van der Waals surface area contributed by atoms with Crippen molar-refractivity contribution in [1.29, 1.82) is 0 Å². The Morgan fingerprint density at radius 3 is 2.48 bits per heavy atom. The van der Waals surface area contributed by atoms with Gasteiger partial charge < -0.3 is 0 Å². The number of benzene rings is 1. The van der Waals surface area contributed by atoms with E-state index >= 15 is 0 Å². The molecule has 0 spiro atoms. The fourth-order valence-corrected chi connectivity index (χ4v) is 2.97. The van der Waals surface area contributed by atoms with Gasteiger partial charge >= 0.3 is 0 Å². The first kappa shape index (κ1) is 16.4. The molecule has 1 fully saturated rings. The first-order valence-corrected chi connectivity index (χ1v) is 9.42. The molecule has 1 aliphatic rings. The van der Waals surface area contributed by atoms with Gasteiger partial charge in [0, 0.05) is 22.1 Å². The molecule has 0 N–H and O–H groups in total. The number of nitrogens with zero attached hydrogens (tertiary/aromatic N) is 1. The summed E-state index contributed by atoms with van der Waals surface area (Å²) in [4.78, 5) is 24.1. The molecule has 21 heavy (non-hydrogen) atoms. The average molecular weight is 421 g/mol. The molecule has 5 nitrogen and oxygen atoms in total. The van der Waals surface area contributed by atoms with Crippen LogP contribution in [0, 0.1) is 9.49 Å². The van der Waals surface area contributed by atoms with E-state index in [1.165, 1.54) is 7.05 Å². The van der Waals surface area contributed by atoms with Crippen LogP contribution < -0.4 is 4.31 Å². The van der Waals surface area contributed by atoms with Crippen molar-refractivity contribution in [3.8, 4) is 0 Å². The third-order valence-electron chi connectivity index (χ3n) is 3.46. The summed E-state index contributed by atoms with van der Waals surface area (Å²) in [5, 5.41) is 0. The number of anilines is 1. The van der Waals surface area contributed by atoms with E-state index in [2.05, 4.69) is 22.6 Å². The Morgan fingerprint density at radius 2 is 1.95 bits per heavy atom. The highest BCUT2D eigenvalue weighted by Crippen LogP contribution is 2.32. The van der Waals surface area contributed by atoms with Gasteiger partial charge in [0.2, 0.25) is 10.0 Å². The fourth-order valence-electron chi connectivity index (χ4n) is 1.98. The summed E-state index contributed by atoms with van der Waals surface area (Å²) in [6.07, 6.45) is 2.64. The van der Waals surface area contributed by atoms with Gasteiger partial charge in [0.25, 0.3) is 0 Å². The van der Waals surface area contributed by atoms with E-state index in [0.717, 1.165) is 27.0 Å². The third-order valence-corrected chi connectivity index (χ3v) is 5.33. The molecule has 0 amide bonds. The maximum atomic E-state index is 12.3. The van der Waals surface area contributed by atoms with E-state index in [9.17, 15) is 18.0 Å². The normalized spacial score (nSPS) is 14.8. The molecule has 1 aromatic carbocycles. The quantitative estimate of drug-likeness (QED) is 0.401. The van der Waals surface area contributed by atoms with Crippen LogP contribution in [0.1, 0.15) is 29.6 Å². The Kier molecular flexibility index (Phi) is 4.72. The van der Waals surface area contributed by atoms with Crippen molar-refractivity contribution in [3.63, 3.8) is 0 Å². The van der Waals surface area contributed by atoms with Crippen molar-refractivity contribution in [2.24, 2.45) is 5.92 Å². The van der Waals surface area contributed by atoms with Crippen LogP contribution in [0.15, 0.2) is 18.2 Å². The van der Waals surface area contributed by atoms with Crippen molar-refractivity contribution in [1.82, 2.24) is 0 Å². The van der Waals surface area contributed by atoms with Gasteiger partial charge in [-0.15, -0.1) is 0 Å². The molecular weight excluding hydrogens is 405 g/mol. The smallest absolute Gasteiger partial charge is 0.232 e. The SMILES string of the molecule is CN(c1cc(I)ccc1C(=O)CC(=O)C1CC1)S(C)(=O)=O. The zero-order chi connectivity index (χ0) is 15.8. The third kappa shape index (κ3) is 4.03. The highest BCUT2D eigenvalue weighted by Gasteiger charge is 2.31. The molecule has 0 unspecified atom stereocenters. The molecule has 0 saturated heterocycles. The maximum Gasteiger partial charge on any atom is 0.232 e.